The predicted octanol–water partition coefficient (Wildman–Crippen LogP) is 7.76. The van der Waals surface area contributed by atoms with Gasteiger partial charge in [0.05, 0.1) is 6.10 Å². The third-order valence-electron chi connectivity index (χ3n) is 10.3. The van der Waals surface area contributed by atoms with Crippen molar-refractivity contribution in [2.24, 2.45) is 46.3 Å². The first kappa shape index (κ1) is 22.4. The highest BCUT2D eigenvalue weighted by Crippen LogP contribution is 2.68. The Bertz CT molecular complexity index is 626. The van der Waals surface area contributed by atoms with E-state index in [4.69, 9.17) is 0 Å². The smallest absolute Gasteiger partial charge is 0.0577 e. The number of rotatable bonds is 5. The largest absolute Gasteiger partial charge is 0.393 e. The van der Waals surface area contributed by atoms with E-state index in [0.717, 1.165) is 48.3 Å². The number of hydrogen-bond donors (Lipinski definition) is 1. The van der Waals surface area contributed by atoms with Crippen LogP contribution in [0.1, 0.15) is 98.8 Å². The average Bonchev–Trinajstić information content (AvgIpc) is 3.00. The van der Waals surface area contributed by atoms with E-state index in [0.29, 0.717) is 15.7 Å². The van der Waals surface area contributed by atoms with E-state index >= 15 is 0 Å². The van der Waals surface area contributed by atoms with Crippen molar-refractivity contribution in [3.05, 3.63) is 11.6 Å². The fourth-order valence-electron chi connectivity index (χ4n) is 8.61. The molecular formula is C27H45BrO. The van der Waals surface area contributed by atoms with Crippen LogP contribution in [0.5, 0.6) is 0 Å². The number of halogens is 1. The fourth-order valence-corrected chi connectivity index (χ4v) is 9.66. The lowest BCUT2D eigenvalue weighted by Crippen LogP contribution is -2.53. The van der Waals surface area contributed by atoms with Gasteiger partial charge >= 0.3 is 0 Å². The molecule has 4 aliphatic rings. The van der Waals surface area contributed by atoms with E-state index in [1.807, 2.05) is 0 Å². The topological polar surface area (TPSA) is 20.2 Å². The lowest BCUT2D eigenvalue weighted by Gasteiger charge is -2.59. The Balaban J connectivity index is 1.54. The summed E-state index contributed by atoms with van der Waals surface area (Å²) >= 11 is 4.15. The van der Waals surface area contributed by atoms with E-state index in [1.165, 1.54) is 51.4 Å². The number of hydrogen-bond acceptors (Lipinski definition) is 1. The van der Waals surface area contributed by atoms with E-state index in [2.05, 4.69) is 56.6 Å². The van der Waals surface area contributed by atoms with E-state index < -0.39 is 0 Å². The maximum Gasteiger partial charge on any atom is 0.0577 e. The second kappa shape index (κ2) is 8.27. The van der Waals surface area contributed by atoms with Crippen molar-refractivity contribution >= 4 is 15.9 Å². The maximum absolute atomic E-state index is 10.3. The highest BCUT2D eigenvalue weighted by Gasteiger charge is 2.60. The van der Waals surface area contributed by atoms with Crippen molar-refractivity contribution in [3.63, 3.8) is 0 Å². The summed E-state index contributed by atoms with van der Waals surface area (Å²) in [5.74, 6) is 5.13. The molecule has 0 aliphatic heterocycles. The van der Waals surface area contributed by atoms with Crippen LogP contribution in [0.3, 0.4) is 0 Å². The minimum absolute atomic E-state index is 0.109. The van der Waals surface area contributed by atoms with Gasteiger partial charge in [0.25, 0.3) is 0 Å². The molecule has 3 saturated carbocycles. The van der Waals surface area contributed by atoms with Crippen molar-refractivity contribution in [3.8, 4) is 0 Å². The van der Waals surface area contributed by atoms with Crippen LogP contribution in [-0.4, -0.2) is 16.0 Å². The predicted molar refractivity (Wildman–Crippen MR) is 127 cm³/mol. The van der Waals surface area contributed by atoms with Gasteiger partial charge in [0.15, 0.2) is 0 Å². The van der Waals surface area contributed by atoms with Crippen molar-refractivity contribution in [2.75, 3.05) is 0 Å². The number of alkyl halides is 1. The molecule has 4 aliphatic carbocycles. The highest BCUT2D eigenvalue weighted by atomic mass is 79.9. The quantitative estimate of drug-likeness (QED) is 0.325. The zero-order chi connectivity index (χ0) is 21.0. The first-order chi connectivity index (χ1) is 13.7. The summed E-state index contributed by atoms with van der Waals surface area (Å²) in [6.45, 7) is 12.5. The van der Waals surface area contributed by atoms with Crippen LogP contribution in [-0.2, 0) is 0 Å². The molecule has 29 heavy (non-hydrogen) atoms. The Labute approximate surface area is 188 Å². The minimum atomic E-state index is -0.109. The van der Waals surface area contributed by atoms with Crippen molar-refractivity contribution in [1.29, 1.82) is 0 Å². The third kappa shape index (κ3) is 3.81. The number of fused-ring (bicyclic) bond motifs is 5. The molecule has 2 heteroatoms. The summed E-state index contributed by atoms with van der Waals surface area (Å²) in [6, 6.07) is 0. The van der Waals surface area contributed by atoms with Gasteiger partial charge in [-0.25, -0.2) is 0 Å². The Morgan fingerprint density at radius 3 is 2.52 bits per heavy atom. The number of aliphatic hydroxyl groups excluding tert-OH is 1. The van der Waals surface area contributed by atoms with Gasteiger partial charge in [-0.2, -0.15) is 0 Å². The summed E-state index contributed by atoms with van der Waals surface area (Å²) in [7, 11) is 0. The molecule has 0 radical (unpaired) electrons. The Hall–Kier alpha value is 0.180. The van der Waals surface area contributed by atoms with Crippen LogP contribution >= 0.6 is 15.9 Å². The summed E-state index contributed by atoms with van der Waals surface area (Å²) in [6.07, 6.45) is 15.5. The van der Waals surface area contributed by atoms with Crippen LogP contribution in [0.2, 0.25) is 0 Å². The molecule has 0 saturated heterocycles. The van der Waals surface area contributed by atoms with Gasteiger partial charge in [-0.1, -0.05) is 81.5 Å². The van der Waals surface area contributed by atoms with Gasteiger partial charge in [-0.05, 0) is 91.3 Å². The van der Waals surface area contributed by atoms with E-state index in [9.17, 15) is 5.11 Å². The molecule has 0 aromatic carbocycles. The van der Waals surface area contributed by atoms with Gasteiger partial charge in [-0.15, -0.1) is 0 Å². The van der Waals surface area contributed by atoms with Gasteiger partial charge < -0.3 is 5.11 Å². The number of aliphatic hydroxyl groups is 1. The molecule has 4 rings (SSSR count). The Morgan fingerprint density at radius 1 is 1.03 bits per heavy atom. The van der Waals surface area contributed by atoms with Crippen LogP contribution in [0.4, 0.5) is 0 Å². The second-order valence-corrected chi connectivity index (χ2v) is 13.3. The summed E-state index contributed by atoms with van der Waals surface area (Å²) in [5, 5.41) is 10.3. The van der Waals surface area contributed by atoms with Crippen LogP contribution in [0.15, 0.2) is 11.6 Å². The summed E-state index contributed by atoms with van der Waals surface area (Å²) in [4.78, 5) is 0.514. The molecule has 0 heterocycles. The SMILES string of the molecule is CC(C)CCC[C@@H](C)[C@H]1CC[C@H]2[C@@H]3[C@H](Br)C=C4CC(O)CC[C@]4(C)[C@H]3CC[C@]12C. The van der Waals surface area contributed by atoms with Gasteiger partial charge in [-0.3, -0.25) is 0 Å². The standard InChI is InChI=1S/C27H45BrO/c1-17(2)7-6-8-18(3)21-9-10-22-25-23(12-14-27(21,22)5)26(4)13-11-20(29)15-19(26)16-24(25)28/h16-18,20-25,29H,6-15H2,1-5H3/t18-,20?,21-,22+,23+,24-,25+,26+,27-/m1/s1. The van der Waals surface area contributed by atoms with Crippen LogP contribution < -0.4 is 0 Å². The van der Waals surface area contributed by atoms with Crippen molar-refractivity contribution in [2.45, 2.75) is 110 Å². The molecule has 0 spiro atoms. The first-order valence-corrected chi connectivity index (χ1v) is 13.6. The third-order valence-corrected chi connectivity index (χ3v) is 11.1. The highest BCUT2D eigenvalue weighted by molar-refractivity contribution is 9.09. The maximum atomic E-state index is 10.3. The zero-order valence-electron chi connectivity index (χ0n) is 19.6. The van der Waals surface area contributed by atoms with Gasteiger partial charge in [0.1, 0.15) is 0 Å². The summed E-state index contributed by atoms with van der Waals surface area (Å²) in [5.41, 5.74) is 2.45. The zero-order valence-corrected chi connectivity index (χ0v) is 21.2. The molecular weight excluding hydrogens is 420 g/mol. The Morgan fingerprint density at radius 2 is 1.79 bits per heavy atom. The minimum Gasteiger partial charge on any atom is -0.393 e. The number of allylic oxidation sites excluding steroid dienone is 1. The molecule has 0 amide bonds. The molecule has 166 valence electrons. The molecule has 9 atom stereocenters. The molecule has 0 bridgehead atoms. The molecule has 0 aromatic heterocycles. The van der Waals surface area contributed by atoms with E-state index in [1.54, 1.807) is 5.57 Å². The van der Waals surface area contributed by atoms with Crippen LogP contribution in [0.25, 0.3) is 0 Å². The van der Waals surface area contributed by atoms with Crippen LogP contribution in [0, 0.1) is 46.3 Å². The molecule has 3 fully saturated rings. The second-order valence-electron chi connectivity index (χ2n) is 12.3. The monoisotopic (exact) mass is 464 g/mol. The lowest BCUT2D eigenvalue weighted by atomic mass is 9.47. The van der Waals surface area contributed by atoms with E-state index in [-0.39, 0.29) is 6.10 Å². The van der Waals surface area contributed by atoms with Crippen molar-refractivity contribution in [1.82, 2.24) is 0 Å². The molecule has 1 nitrogen and oxygen atoms in total. The fraction of sp³-hybridized carbons (Fsp3) is 0.926. The van der Waals surface area contributed by atoms with Gasteiger partial charge in [0.2, 0.25) is 0 Å². The Kier molecular flexibility index (Phi) is 6.38. The normalized spacial score (nSPS) is 47.9. The average molecular weight is 466 g/mol. The molecule has 1 unspecified atom stereocenters. The molecule has 0 aromatic rings. The lowest BCUT2D eigenvalue weighted by molar-refractivity contribution is -0.0543. The molecule has 1 N–H and O–H groups in total. The van der Waals surface area contributed by atoms with Gasteiger partial charge in [0, 0.05) is 4.83 Å². The first-order valence-electron chi connectivity index (χ1n) is 12.7. The van der Waals surface area contributed by atoms with Crippen molar-refractivity contribution < 1.29 is 5.11 Å². The summed E-state index contributed by atoms with van der Waals surface area (Å²) < 4.78 is 0.